The Morgan fingerprint density at radius 1 is 0.909 bits per heavy atom. The lowest BCUT2D eigenvalue weighted by molar-refractivity contribution is 0.121. The molecule has 2 aromatic rings. The Morgan fingerprint density at radius 3 is 2.00 bits per heavy atom. The van der Waals surface area contributed by atoms with Crippen LogP contribution >= 0.6 is 0 Å². The molecule has 0 aliphatic carbocycles. The molecule has 11 heteroatoms. The van der Waals surface area contributed by atoms with Crippen LogP contribution in [0.25, 0.3) is 0 Å². The first-order chi connectivity index (χ1) is 16.2. The third-order valence-electron chi connectivity index (χ3n) is 5.54. The number of benzene rings is 1. The summed E-state index contributed by atoms with van der Waals surface area (Å²) in [5, 5.41) is 4.62. The molecule has 2 fully saturated rings. The van der Waals surface area contributed by atoms with Crippen LogP contribution < -0.4 is 24.7 Å². The highest BCUT2D eigenvalue weighted by Crippen LogP contribution is 2.28. The number of ether oxygens (including phenoxy) is 4. The molecule has 0 atom stereocenters. The number of anilines is 3. The molecule has 4 rings (SSSR count). The number of aromatic nitrogens is 3. The van der Waals surface area contributed by atoms with Crippen LogP contribution in [0, 0.1) is 0 Å². The minimum atomic E-state index is 0.402. The smallest absolute Gasteiger partial charge is 0.250 e. The first-order valence-electron chi connectivity index (χ1n) is 11.2. The van der Waals surface area contributed by atoms with Crippen molar-refractivity contribution in [3.63, 3.8) is 0 Å². The van der Waals surface area contributed by atoms with Gasteiger partial charge < -0.3 is 28.7 Å². The van der Waals surface area contributed by atoms with Gasteiger partial charge in [0, 0.05) is 31.7 Å². The summed E-state index contributed by atoms with van der Waals surface area (Å²) in [6.45, 7) is 7.60. The van der Waals surface area contributed by atoms with E-state index in [4.69, 9.17) is 23.9 Å². The number of rotatable bonds is 8. The third-order valence-corrected chi connectivity index (χ3v) is 5.54. The maximum atomic E-state index is 5.48. The molecular weight excluding hydrogens is 426 g/mol. The van der Waals surface area contributed by atoms with Crippen LogP contribution in [0.3, 0.4) is 0 Å². The maximum Gasteiger partial charge on any atom is 0.250 e. The lowest BCUT2D eigenvalue weighted by Gasteiger charge is -2.30. The Balaban J connectivity index is 1.61. The molecule has 3 heterocycles. The van der Waals surface area contributed by atoms with Crippen molar-refractivity contribution in [2.45, 2.75) is 13.3 Å². The van der Waals surface area contributed by atoms with Gasteiger partial charge in [-0.25, -0.2) is 5.43 Å². The van der Waals surface area contributed by atoms with E-state index >= 15 is 0 Å². The summed E-state index contributed by atoms with van der Waals surface area (Å²) in [5.41, 5.74) is 4.83. The van der Waals surface area contributed by atoms with Gasteiger partial charge in [-0.2, -0.15) is 20.1 Å². The highest BCUT2D eigenvalue weighted by molar-refractivity contribution is 6.01. The van der Waals surface area contributed by atoms with Crippen molar-refractivity contribution in [1.82, 2.24) is 15.0 Å². The van der Waals surface area contributed by atoms with Crippen LogP contribution in [-0.4, -0.2) is 87.5 Å². The molecule has 0 radical (unpaired) electrons. The summed E-state index contributed by atoms with van der Waals surface area (Å²) >= 11 is 0. The molecule has 11 nitrogen and oxygen atoms in total. The summed E-state index contributed by atoms with van der Waals surface area (Å²) < 4.78 is 21.7. The molecule has 1 aromatic carbocycles. The summed E-state index contributed by atoms with van der Waals surface area (Å²) in [5.74, 6) is 2.97. The second kappa shape index (κ2) is 11.1. The highest BCUT2D eigenvalue weighted by Gasteiger charge is 2.20. The van der Waals surface area contributed by atoms with Gasteiger partial charge in [0.25, 0.3) is 0 Å². The molecule has 1 aromatic heterocycles. The van der Waals surface area contributed by atoms with E-state index in [2.05, 4.69) is 30.3 Å². The zero-order chi connectivity index (χ0) is 23.0. The van der Waals surface area contributed by atoms with E-state index in [9.17, 15) is 0 Å². The van der Waals surface area contributed by atoms with Crippen molar-refractivity contribution in [2.24, 2.45) is 5.10 Å². The third kappa shape index (κ3) is 5.60. The van der Waals surface area contributed by atoms with Gasteiger partial charge in [0.2, 0.25) is 17.8 Å². The number of nitrogens with zero attached hydrogens (tertiary/aromatic N) is 6. The fourth-order valence-corrected chi connectivity index (χ4v) is 3.69. The second-order valence-electron chi connectivity index (χ2n) is 7.55. The summed E-state index contributed by atoms with van der Waals surface area (Å²) in [6, 6.07) is 5.74. The van der Waals surface area contributed by atoms with Crippen molar-refractivity contribution in [3.05, 3.63) is 23.8 Å². The van der Waals surface area contributed by atoms with E-state index < -0.39 is 0 Å². The first kappa shape index (κ1) is 23.0. The Morgan fingerprint density at radius 2 is 1.48 bits per heavy atom. The normalized spacial score (nSPS) is 17.1. The molecule has 2 saturated heterocycles. The van der Waals surface area contributed by atoms with Crippen LogP contribution in [-0.2, 0) is 9.47 Å². The van der Waals surface area contributed by atoms with Crippen molar-refractivity contribution in [1.29, 1.82) is 0 Å². The Labute approximate surface area is 193 Å². The average molecular weight is 458 g/mol. The van der Waals surface area contributed by atoms with Gasteiger partial charge in [-0.15, -0.1) is 0 Å². The topological polar surface area (TPSA) is 106 Å². The molecule has 0 unspecified atom stereocenters. The average Bonchev–Trinajstić information content (AvgIpc) is 2.89. The molecule has 0 spiro atoms. The number of nitrogens with one attached hydrogen (secondary N) is 1. The monoisotopic (exact) mass is 457 g/mol. The van der Waals surface area contributed by atoms with Gasteiger partial charge in [0.15, 0.2) is 11.5 Å². The van der Waals surface area contributed by atoms with Gasteiger partial charge in [0.1, 0.15) is 0 Å². The number of hydrogen-bond acceptors (Lipinski definition) is 11. The van der Waals surface area contributed by atoms with Gasteiger partial charge in [-0.05, 0) is 24.6 Å². The van der Waals surface area contributed by atoms with E-state index in [-0.39, 0.29) is 0 Å². The summed E-state index contributed by atoms with van der Waals surface area (Å²) in [6.07, 6.45) is 0.709. The number of methoxy groups -OCH3 is 2. The lowest BCUT2D eigenvalue weighted by atomic mass is 10.1. The SMILES string of the molecule is CC/C(=N/Nc1nc(N2CCOCC2)nc(N2CCOCC2)n1)c1ccc(OC)c(OC)c1. The fraction of sp³-hybridized carbons (Fsp3) is 0.545. The van der Waals surface area contributed by atoms with E-state index in [1.54, 1.807) is 14.2 Å². The quantitative estimate of drug-likeness (QED) is 0.466. The van der Waals surface area contributed by atoms with Crippen LogP contribution in [0.5, 0.6) is 11.5 Å². The van der Waals surface area contributed by atoms with E-state index in [1.165, 1.54) is 0 Å². The molecule has 0 bridgehead atoms. The van der Waals surface area contributed by atoms with E-state index in [0.717, 1.165) is 37.5 Å². The number of hydrazone groups is 1. The van der Waals surface area contributed by atoms with Gasteiger partial charge >= 0.3 is 0 Å². The minimum absolute atomic E-state index is 0.402. The highest BCUT2D eigenvalue weighted by atomic mass is 16.5. The lowest BCUT2D eigenvalue weighted by Crippen LogP contribution is -2.40. The molecule has 178 valence electrons. The molecule has 0 saturated carbocycles. The Bertz CT molecular complexity index is 924. The second-order valence-corrected chi connectivity index (χ2v) is 7.55. The molecular formula is C22H31N7O4. The van der Waals surface area contributed by atoms with E-state index in [0.29, 0.717) is 62.2 Å². The van der Waals surface area contributed by atoms with Crippen LogP contribution in [0.4, 0.5) is 17.8 Å². The van der Waals surface area contributed by atoms with Gasteiger partial charge in [-0.3, -0.25) is 0 Å². The molecule has 33 heavy (non-hydrogen) atoms. The fourth-order valence-electron chi connectivity index (χ4n) is 3.69. The Hall–Kier alpha value is -3.18. The maximum absolute atomic E-state index is 5.48. The predicted molar refractivity (Wildman–Crippen MR) is 126 cm³/mol. The zero-order valence-corrected chi connectivity index (χ0v) is 19.4. The molecule has 1 N–H and O–H groups in total. The molecule has 2 aliphatic rings. The molecule has 2 aliphatic heterocycles. The summed E-state index contributed by atoms with van der Waals surface area (Å²) in [4.78, 5) is 18.2. The number of morpholine rings is 2. The minimum Gasteiger partial charge on any atom is -0.493 e. The largest absolute Gasteiger partial charge is 0.493 e. The molecule has 0 amide bonds. The van der Waals surface area contributed by atoms with Crippen molar-refractivity contribution >= 4 is 23.6 Å². The van der Waals surface area contributed by atoms with Crippen molar-refractivity contribution in [3.8, 4) is 11.5 Å². The zero-order valence-electron chi connectivity index (χ0n) is 19.4. The Kier molecular flexibility index (Phi) is 7.74. The van der Waals surface area contributed by atoms with Crippen LogP contribution in [0.15, 0.2) is 23.3 Å². The van der Waals surface area contributed by atoms with Gasteiger partial charge in [-0.1, -0.05) is 6.92 Å². The van der Waals surface area contributed by atoms with Crippen molar-refractivity contribution in [2.75, 3.05) is 82.1 Å². The first-order valence-corrected chi connectivity index (χ1v) is 11.2. The summed E-state index contributed by atoms with van der Waals surface area (Å²) in [7, 11) is 3.24. The predicted octanol–water partition coefficient (Wildman–Crippen LogP) is 1.79. The standard InChI is InChI=1S/C22H31N7O4/c1-4-17(16-5-6-18(30-2)19(15-16)31-3)26-27-20-23-21(28-7-11-32-12-8-28)25-22(24-20)29-9-13-33-14-10-29/h5-6,15H,4,7-14H2,1-3H3,(H,23,24,25,27)/b26-17-. The van der Waals surface area contributed by atoms with Crippen LogP contribution in [0.1, 0.15) is 18.9 Å². The van der Waals surface area contributed by atoms with Gasteiger partial charge in [0.05, 0.1) is 46.4 Å². The van der Waals surface area contributed by atoms with Crippen LogP contribution in [0.2, 0.25) is 0 Å². The number of hydrogen-bond donors (Lipinski definition) is 1. The van der Waals surface area contributed by atoms with E-state index in [1.807, 2.05) is 25.1 Å². The van der Waals surface area contributed by atoms with Crippen molar-refractivity contribution < 1.29 is 18.9 Å².